The zero-order valence-electron chi connectivity index (χ0n) is 10.6. The molecule has 2 heterocycles. The van der Waals surface area contributed by atoms with Crippen molar-refractivity contribution in [1.82, 2.24) is 15.2 Å². The van der Waals surface area contributed by atoms with Crippen LogP contribution in [-0.2, 0) is 0 Å². The third-order valence-corrected chi connectivity index (χ3v) is 3.37. The molecule has 0 unspecified atom stereocenters. The number of aromatic hydroxyl groups is 1. The highest BCUT2D eigenvalue weighted by Crippen LogP contribution is 2.19. The van der Waals surface area contributed by atoms with Gasteiger partial charge in [0.25, 0.3) is 5.91 Å². The second-order valence-corrected chi connectivity index (χ2v) is 4.73. The largest absolute Gasteiger partial charge is 0.506 e. The molecule has 2 N–H and O–H groups in total. The van der Waals surface area contributed by atoms with Crippen molar-refractivity contribution in [2.24, 2.45) is 5.92 Å². The van der Waals surface area contributed by atoms with Crippen LogP contribution in [0.4, 0.5) is 0 Å². The molecule has 0 atom stereocenters. The van der Waals surface area contributed by atoms with Crippen LogP contribution >= 0.6 is 0 Å². The average Bonchev–Trinajstić information content (AvgIpc) is 2.39. The van der Waals surface area contributed by atoms with Crippen molar-refractivity contribution < 1.29 is 9.90 Å². The Morgan fingerprint density at radius 1 is 1.50 bits per heavy atom. The van der Waals surface area contributed by atoms with Crippen molar-refractivity contribution >= 4 is 5.91 Å². The highest BCUT2D eigenvalue weighted by molar-refractivity contribution is 5.94. The van der Waals surface area contributed by atoms with E-state index in [4.69, 9.17) is 0 Å². The van der Waals surface area contributed by atoms with Gasteiger partial charge in [0, 0.05) is 19.3 Å². The molecule has 1 fully saturated rings. The van der Waals surface area contributed by atoms with Crippen molar-refractivity contribution in [2.45, 2.75) is 12.8 Å². The van der Waals surface area contributed by atoms with Gasteiger partial charge in [-0.05, 0) is 38.4 Å². The van der Waals surface area contributed by atoms with E-state index in [0.717, 1.165) is 32.5 Å². The first-order valence-corrected chi connectivity index (χ1v) is 6.28. The van der Waals surface area contributed by atoms with Gasteiger partial charge in [0.05, 0.1) is 11.8 Å². The van der Waals surface area contributed by atoms with Gasteiger partial charge in [-0.2, -0.15) is 0 Å². The molecule has 0 bridgehead atoms. The van der Waals surface area contributed by atoms with Gasteiger partial charge in [0.2, 0.25) is 0 Å². The topological polar surface area (TPSA) is 65.5 Å². The molecular formula is C13H19N3O2. The van der Waals surface area contributed by atoms with E-state index in [2.05, 4.69) is 10.3 Å². The summed E-state index contributed by atoms with van der Waals surface area (Å²) in [6.07, 6.45) is 4.88. The summed E-state index contributed by atoms with van der Waals surface area (Å²) in [6.45, 7) is 2.57. The minimum Gasteiger partial charge on any atom is -0.506 e. The lowest BCUT2D eigenvalue weighted by atomic mass is 9.96. The molecule has 18 heavy (non-hydrogen) atoms. The molecule has 0 radical (unpaired) electrons. The lowest BCUT2D eigenvalue weighted by Gasteiger charge is -2.31. The van der Waals surface area contributed by atoms with E-state index in [1.54, 1.807) is 0 Å². The summed E-state index contributed by atoms with van der Waals surface area (Å²) < 4.78 is 0. The van der Waals surface area contributed by atoms with Gasteiger partial charge in [0.1, 0.15) is 5.75 Å². The number of nitrogens with zero attached hydrogens (tertiary/aromatic N) is 2. The van der Waals surface area contributed by atoms with Crippen LogP contribution in [0.15, 0.2) is 18.5 Å². The fourth-order valence-electron chi connectivity index (χ4n) is 2.36. The van der Waals surface area contributed by atoms with Crippen molar-refractivity contribution in [3.8, 4) is 5.75 Å². The van der Waals surface area contributed by atoms with Crippen LogP contribution in [0.2, 0.25) is 0 Å². The third-order valence-electron chi connectivity index (χ3n) is 3.37. The number of amides is 1. The number of hydrogen-bond donors (Lipinski definition) is 2. The van der Waals surface area contributed by atoms with Gasteiger partial charge in [0.15, 0.2) is 0 Å². The summed E-state index contributed by atoms with van der Waals surface area (Å²) in [7, 11) is 1.95. The molecule has 5 nitrogen and oxygen atoms in total. The van der Waals surface area contributed by atoms with Gasteiger partial charge in [-0.1, -0.05) is 0 Å². The van der Waals surface area contributed by atoms with Gasteiger partial charge < -0.3 is 15.3 Å². The summed E-state index contributed by atoms with van der Waals surface area (Å²) >= 11 is 0. The molecule has 98 valence electrons. The maximum atomic E-state index is 12.2. The van der Waals surface area contributed by atoms with Crippen LogP contribution in [0.3, 0.4) is 0 Å². The van der Waals surface area contributed by atoms with Crippen LogP contribution in [0.1, 0.15) is 23.2 Å². The molecule has 0 aromatic carbocycles. The second kappa shape index (κ2) is 5.82. The van der Waals surface area contributed by atoms with E-state index in [9.17, 15) is 9.90 Å². The smallest absolute Gasteiger partial charge is 0.255 e. The van der Waals surface area contributed by atoms with Crippen molar-refractivity contribution in [1.29, 1.82) is 0 Å². The van der Waals surface area contributed by atoms with Crippen LogP contribution in [0.5, 0.6) is 5.75 Å². The number of hydrogen-bond acceptors (Lipinski definition) is 4. The number of likely N-dealkylation sites (tertiary alicyclic amines) is 1. The van der Waals surface area contributed by atoms with E-state index in [1.807, 2.05) is 11.9 Å². The Hall–Kier alpha value is -1.62. The Labute approximate surface area is 107 Å². The lowest BCUT2D eigenvalue weighted by molar-refractivity contribution is 0.0690. The van der Waals surface area contributed by atoms with E-state index < -0.39 is 0 Å². The van der Waals surface area contributed by atoms with Crippen molar-refractivity contribution in [3.63, 3.8) is 0 Å². The minimum atomic E-state index is -0.0405. The zero-order valence-corrected chi connectivity index (χ0v) is 10.6. The van der Waals surface area contributed by atoms with Gasteiger partial charge in [-0.25, -0.2) is 0 Å². The molecule has 1 amide bonds. The van der Waals surface area contributed by atoms with E-state index in [1.165, 1.54) is 18.5 Å². The quantitative estimate of drug-likeness (QED) is 0.834. The number of pyridine rings is 1. The fraction of sp³-hybridized carbons (Fsp3) is 0.538. The Morgan fingerprint density at radius 3 is 2.83 bits per heavy atom. The maximum Gasteiger partial charge on any atom is 0.255 e. The van der Waals surface area contributed by atoms with E-state index in [-0.39, 0.29) is 11.7 Å². The molecule has 5 heteroatoms. The molecule has 0 aliphatic carbocycles. The second-order valence-electron chi connectivity index (χ2n) is 4.73. The summed E-state index contributed by atoms with van der Waals surface area (Å²) in [5.74, 6) is 0.647. The van der Waals surface area contributed by atoms with Crippen LogP contribution in [0.25, 0.3) is 0 Å². The predicted molar refractivity (Wildman–Crippen MR) is 68.5 cm³/mol. The Balaban J connectivity index is 1.95. The highest BCUT2D eigenvalue weighted by Gasteiger charge is 2.23. The Kier molecular flexibility index (Phi) is 4.15. The third kappa shape index (κ3) is 2.98. The first kappa shape index (κ1) is 12.8. The van der Waals surface area contributed by atoms with Crippen molar-refractivity contribution in [3.05, 3.63) is 24.0 Å². The van der Waals surface area contributed by atoms with Gasteiger partial charge >= 0.3 is 0 Å². The van der Waals surface area contributed by atoms with Gasteiger partial charge in [-0.15, -0.1) is 0 Å². The standard InChI is InChI=1S/C13H19N3O2/c1-14-7-10-2-4-16(5-3-10)13(18)11-6-12(17)9-15-8-11/h6,8-10,14,17H,2-5,7H2,1H3. The molecule has 2 rings (SSSR count). The van der Waals surface area contributed by atoms with Crippen LogP contribution < -0.4 is 5.32 Å². The number of carbonyl (C=O) groups excluding carboxylic acids is 1. The number of nitrogens with one attached hydrogen (secondary N) is 1. The monoisotopic (exact) mass is 249 g/mol. The molecule has 1 aliphatic rings. The molecule has 1 saturated heterocycles. The zero-order chi connectivity index (χ0) is 13.0. The molecule has 1 aromatic heterocycles. The molecule has 1 aromatic rings. The highest BCUT2D eigenvalue weighted by atomic mass is 16.3. The number of piperidine rings is 1. The minimum absolute atomic E-state index is 0.0333. The predicted octanol–water partition coefficient (Wildman–Crippen LogP) is 0.859. The summed E-state index contributed by atoms with van der Waals surface area (Å²) in [5.41, 5.74) is 0.460. The van der Waals surface area contributed by atoms with E-state index in [0.29, 0.717) is 11.5 Å². The number of rotatable bonds is 3. The maximum absolute atomic E-state index is 12.2. The van der Waals surface area contributed by atoms with Crippen molar-refractivity contribution in [2.75, 3.05) is 26.7 Å². The molecule has 0 saturated carbocycles. The van der Waals surface area contributed by atoms with Gasteiger partial charge in [-0.3, -0.25) is 9.78 Å². The molecule has 1 aliphatic heterocycles. The SMILES string of the molecule is CNCC1CCN(C(=O)c2cncc(O)c2)CC1. The Morgan fingerprint density at radius 2 is 2.22 bits per heavy atom. The lowest BCUT2D eigenvalue weighted by Crippen LogP contribution is -2.40. The first-order chi connectivity index (χ1) is 8.70. The van der Waals surface area contributed by atoms with Crippen LogP contribution in [-0.4, -0.2) is 47.6 Å². The number of aromatic nitrogens is 1. The first-order valence-electron chi connectivity index (χ1n) is 6.28. The average molecular weight is 249 g/mol. The normalized spacial score (nSPS) is 16.8. The van der Waals surface area contributed by atoms with E-state index >= 15 is 0 Å². The summed E-state index contributed by atoms with van der Waals surface area (Å²) in [4.78, 5) is 17.8. The summed E-state index contributed by atoms with van der Waals surface area (Å²) in [5, 5.41) is 12.5. The fourth-order valence-corrected chi connectivity index (χ4v) is 2.36. The molecular weight excluding hydrogens is 230 g/mol. The number of carbonyl (C=O) groups is 1. The molecule has 0 spiro atoms. The Bertz CT molecular complexity index is 414. The summed E-state index contributed by atoms with van der Waals surface area (Å²) in [6, 6.07) is 1.47. The van der Waals surface area contributed by atoms with Crippen LogP contribution in [0, 0.1) is 5.92 Å².